The van der Waals surface area contributed by atoms with E-state index in [1.807, 2.05) is 42.7 Å². The number of aromatic nitrogens is 2. The number of amides is 1. The summed E-state index contributed by atoms with van der Waals surface area (Å²) in [6, 6.07) is 13.1. The molecule has 1 aromatic heterocycles. The molecule has 1 heterocycles. The molecule has 5 nitrogen and oxygen atoms in total. The molecule has 0 aliphatic rings. The highest BCUT2D eigenvalue weighted by molar-refractivity contribution is 7.99. The number of hydrogen-bond donors (Lipinski definition) is 1. The van der Waals surface area contributed by atoms with Crippen molar-refractivity contribution in [1.29, 1.82) is 0 Å². The molecule has 140 valence electrons. The van der Waals surface area contributed by atoms with Gasteiger partial charge in [-0.25, -0.2) is 9.37 Å². The van der Waals surface area contributed by atoms with E-state index in [9.17, 15) is 14.0 Å². The summed E-state index contributed by atoms with van der Waals surface area (Å²) in [6.45, 7) is 3.94. The number of nitrogens with zero attached hydrogens (tertiary/aromatic N) is 2. The Hall–Kier alpha value is -2.67. The average Bonchev–Trinajstić information content (AvgIpc) is 2.97. The first-order valence-corrected chi connectivity index (χ1v) is 9.59. The van der Waals surface area contributed by atoms with Gasteiger partial charge in [0.25, 0.3) is 0 Å². The monoisotopic (exact) mass is 385 g/mol. The van der Waals surface area contributed by atoms with Gasteiger partial charge in [0, 0.05) is 11.6 Å². The normalized spacial score (nSPS) is 11.1. The largest absolute Gasteiger partial charge is 0.352 e. The minimum atomic E-state index is -0.378. The number of halogens is 1. The minimum absolute atomic E-state index is 0.0449. The molecule has 0 spiro atoms. The molecule has 0 saturated heterocycles. The van der Waals surface area contributed by atoms with Crippen LogP contribution in [0.1, 0.15) is 24.2 Å². The number of para-hydroxylation sites is 2. The Labute approximate surface area is 161 Å². The second-order valence-corrected chi connectivity index (χ2v) is 7.35. The van der Waals surface area contributed by atoms with Crippen molar-refractivity contribution in [3.8, 4) is 0 Å². The molecule has 1 amide bonds. The molecule has 27 heavy (non-hydrogen) atoms. The summed E-state index contributed by atoms with van der Waals surface area (Å²) in [5, 5.41) is 3.47. The van der Waals surface area contributed by atoms with E-state index in [0.29, 0.717) is 10.7 Å². The second-order valence-electron chi connectivity index (χ2n) is 6.41. The Kier molecular flexibility index (Phi) is 5.91. The molecule has 0 saturated carbocycles. The zero-order chi connectivity index (χ0) is 19.4. The first-order chi connectivity index (χ1) is 12.9. The van der Waals surface area contributed by atoms with E-state index in [1.54, 1.807) is 0 Å². The number of ketones is 1. The quantitative estimate of drug-likeness (QED) is 0.498. The van der Waals surface area contributed by atoms with Crippen LogP contribution in [0, 0.1) is 5.82 Å². The topological polar surface area (TPSA) is 64.0 Å². The zero-order valence-corrected chi connectivity index (χ0v) is 15.9. The molecule has 0 radical (unpaired) electrons. The number of Topliss-reactive ketones (excluding diaryl/α,β-unsaturated/α-hetero) is 1. The van der Waals surface area contributed by atoms with Gasteiger partial charge in [0.2, 0.25) is 5.91 Å². The number of nitrogens with one attached hydrogen (secondary N) is 1. The van der Waals surface area contributed by atoms with E-state index < -0.39 is 0 Å². The predicted molar refractivity (Wildman–Crippen MR) is 104 cm³/mol. The Morgan fingerprint density at radius 3 is 2.56 bits per heavy atom. The molecule has 0 unspecified atom stereocenters. The lowest BCUT2D eigenvalue weighted by atomic mass is 10.1. The van der Waals surface area contributed by atoms with Crippen molar-refractivity contribution in [3.63, 3.8) is 0 Å². The molecule has 0 atom stereocenters. The fraction of sp³-hybridized carbons (Fsp3) is 0.250. The van der Waals surface area contributed by atoms with Crippen LogP contribution >= 0.6 is 11.8 Å². The summed E-state index contributed by atoms with van der Waals surface area (Å²) in [5.74, 6) is -0.455. The highest BCUT2D eigenvalue weighted by Gasteiger charge is 2.16. The van der Waals surface area contributed by atoms with Crippen molar-refractivity contribution < 1.29 is 14.0 Å². The molecule has 0 aliphatic heterocycles. The summed E-state index contributed by atoms with van der Waals surface area (Å²) < 4.78 is 14.8. The van der Waals surface area contributed by atoms with Crippen LogP contribution in [-0.2, 0) is 11.3 Å². The number of thioether (sulfide) groups is 1. The Morgan fingerprint density at radius 1 is 1.15 bits per heavy atom. The maximum Gasteiger partial charge on any atom is 0.240 e. The molecular formula is C20H20FN3O2S. The minimum Gasteiger partial charge on any atom is -0.352 e. The van der Waals surface area contributed by atoms with Gasteiger partial charge < -0.3 is 9.88 Å². The van der Waals surface area contributed by atoms with Crippen LogP contribution in [0.2, 0.25) is 0 Å². The van der Waals surface area contributed by atoms with E-state index in [4.69, 9.17) is 0 Å². The van der Waals surface area contributed by atoms with Crippen molar-refractivity contribution in [2.75, 3.05) is 5.75 Å². The van der Waals surface area contributed by atoms with E-state index in [-0.39, 0.29) is 35.8 Å². The van der Waals surface area contributed by atoms with Crippen molar-refractivity contribution >= 4 is 34.5 Å². The lowest BCUT2D eigenvalue weighted by Crippen LogP contribution is -2.33. The Balaban J connectivity index is 1.80. The van der Waals surface area contributed by atoms with E-state index in [1.165, 1.54) is 36.0 Å². The van der Waals surface area contributed by atoms with Gasteiger partial charge in [0.05, 0.1) is 16.8 Å². The van der Waals surface area contributed by atoms with Crippen molar-refractivity contribution in [2.45, 2.75) is 31.6 Å². The van der Waals surface area contributed by atoms with Crippen molar-refractivity contribution in [1.82, 2.24) is 14.9 Å². The average molecular weight is 385 g/mol. The van der Waals surface area contributed by atoms with Crippen LogP contribution in [-0.4, -0.2) is 33.0 Å². The Morgan fingerprint density at radius 2 is 1.85 bits per heavy atom. The first kappa shape index (κ1) is 19.1. The van der Waals surface area contributed by atoms with Gasteiger partial charge in [-0.15, -0.1) is 0 Å². The van der Waals surface area contributed by atoms with Crippen LogP contribution in [0.3, 0.4) is 0 Å². The molecular weight excluding hydrogens is 365 g/mol. The summed E-state index contributed by atoms with van der Waals surface area (Å²) in [5.41, 5.74) is 2.06. The number of rotatable bonds is 7. The molecule has 0 fully saturated rings. The van der Waals surface area contributed by atoms with Gasteiger partial charge in [0.15, 0.2) is 10.9 Å². The fourth-order valence-electron chi connectivity index (χ4n) is 2.68. The smallest absolute Gasteiger partial charge is 0.240 e. The summed E-state index contributed by atoms with van der Waals surface area (Å²) >= 11 is 1.27. The van der Waals surface area contributed by atoms with Gasteiger partial charge in [0.1, 0.15) is 12.4 Å². The lowest BCUT2D eigenvalue weighted by molar-refractivity contribution is -0.122. The third-order valence-corrected chi connectivity index (χ3v) is 4.85. The fourth-order valence-corrected chi connectivity index (χ4v) is 3.59. The first-order valence-electron chi connectivity index (χ1n) is 8.60. The third-order valence-electron chi connectivity index (χ3n) is 3.87. The maximum absolute atomic E-state index is 13.0. The molecule has 1 N–H and O–H groups in total. The summed E-state index contributed by atoms with van der Waals surface area (Å²) in [6.07, 6.45) is 0. The highest BCUT2D eigenvalue weighted by Crippen LogP contribution is 2.25. The number of hydrogen-bond acceptors (Lipinski definition) is 4. The third kappa shape index (κ3) is 4.74. The van der Waals surface area contributed by atoms with Gasteiger partial charge in [-0.3, -0.25) is 9.59 Å². The van der Waals surface area contributed by atoms with Gasteiger partial charge in [-0.1, -0.05) is 23.9 Å². The molecule has 7 heteroatoms. The van der Waals surface area contributed by atoms with Crippen LogP contribution in [0.4, 0.5) is 4.39 Å². The standard InChI is InChI=1S/C20H20FN3O2S/c1-13(2)22-19(26)11-24-17-6-4-3-5-16(17)23-20(24)27-12-18(25)14-7-9-15(21)10-8-14/h3-10,13H,11-12H2,1-2H3,(H,22,26). The second kappa shape index (κ2) is 8.35. The number of carbonyl (C=O) groups excluding carboxylic acids is 2. The van der Waals surface area contributed by atoms with E-state index >= 15 is 0 Å². The number of fused-ring (bicyclic) bond motifs is 1. The Bertz CT molecular complexity index is 967. The van der Waals surface area contributed by atoms with Crippen LogP contribution in [0.5, 0.6) is 0 Å². The molecule has 0 aliphatic carbocycles. The van der Waals surface area contributed by atoms with E-state index in [0.717, 1.165) is 11.0 Å². The van der Waals surface area contributed by atoms with Gasteiger partial charge >= 0.3 is 0 Å². The lowest BCUT2D eigenvalue weighted by Gasteiger charge is -2.11. The van der Waals surface area contributed by atoms with Crippen molar-refractivity contribution in [3.05, 3.63) is 59.9 Å². The zero-order valence-electron chi connectivity index (χ0n) is 15.1. The molecule has 0 bridgehead atoms. The van der Waals surface area contributed by atoms with Gasteiger partial charge in [-0.2, -0.15) is 0 Å². The van der Waals surface area contributed by atoms with E-state index in [2.05, 4.69) is 10.3 Å². The molecule has 3 rings (SSSR count). The highest BCUT2D eigenvalue weighted by atomic mass is 32.2. The van der Waals surface area contributed by atoms with Gasteiger partial charge in [-0.05, 0) is 50.2 Å². The summed E-state index contributed by atoms with van der Waals surface area (Å²) in [4.78, 5) is 29.2. The van der Waals surface area contributed by atoms with Crippen LogP contribution < -0.4 is 5.32 Å². The van der Waals surface area contributed by atoms with Crippen LogP contribution in [0.25, 0.3) is 11.0 Å². The van der Waals surface area contributed by atoms with Crippen LogP contribution in [0.15, 0.2) is 53.7 Å². The maximum atomic E-state index is 13.0. The molecule has 2 aromatic carbocycles. The number of carbonyl (C=O) groups is 2. The van der Waals surface area contributed by atoms with Crippen molar-refractivity contribution in [2.24, 2.45) is 0 Å². The SMILES string of the molecule is CC(C)NC(=O)Cn1c(SCC(=O)c2ccc(F)cc2)nc2ccccc21. The predicted octanol–water partition coefficient (Wildman–Crippen LogP) is 3.68. The number of benzene rings is 2. The number of imidazole rings is 1. The summed E-state index contributed by atoms with van der Waals surface area (Å²) in [7, 11) is 0. The molecule has 3 aromatic rings.